The number of nitrogens with one attached hydrogen (secondary N) is 1. The third-order valence-electron chi connectivity index (χ3n) is 4.83. The van der Waals surface area contributed by atoms with Gasteiger partial charge in [-0.2, -0.15) is 0 Å². The second-order valence-electron chi connectivity index (χ2n) is 7.02. The van der Waals surface area contributed by atoms with Crippen LogP contribution in [0.4, 0.5) is 0 Å². The molecule has 1 aliphatic rings. The van der Waals surface area contributed by atoms with E-state index in [4.69, 9.17) is 9.47 Å². The topological polar surface area (TPSA) is 78.3 Å². The van der Waals surface area contributed by atoms with Crippen molar-refractivity contribution in [3.05, 3.63) is 41.3 Å². The first-order valence-electron chi connectivity index (χ1n) is 9.81. The number of carbonyl (C=O) groups excluding carboxylic acids is 1. The number of amides is 1. The first kappa shape index (κ1) is 20.9. The molecule has 3 heterocycles. The number of aryl methyl sites for hydroxylation is 1. The summed E-state index contributed by atoms with van der Waals surface area (Å²) in [5.41, 5.74) is 1.95. The van der Waals surface area contributed by atoms with E-state index in [9.17, 15) is 4.79 Å². The monoisotopic (exact) mass is 444 g/mol. The van der Waals surface area contributed by atoms with E-state index >= 15 is 0 Å². The number of benzene rings is 1. The highest BCUT2D eigenvalue weighted by Gasteiger charge is 2.21. The van der Waals surface area contributed by atoms with Gasteiger partial charge in [-0.15, -0.1) is 21.5 Å². The number of nitrogens with zero attached hydrogens (tertiary/aromatic N) is 3. The summed E-state index contributed by atoms with van der Waals surface area (Å²) in [7, 11) is 1.65. The summed E-state index contributed by atoms with van der Waals surface area (Å²) in [5, 5.41) is 14.4. The Hall–Kier alpha value is -2.36. The lowest BCUT2D eigenvalue weighted by Gasteiger charge is -2.14. The molecule has 158 valence electrons. The van der Waals surface area contributed by atoms with Crippen molar-refractivity contribution >= 4 is 29.0 Å². The third-order valence-corrected chi connectivity index (χ3v) is 6.63. The van der Waals surface area contributed by atoms with Crippen LogP contribution in [0.1, 0.15) is 18.4 Å². The van der Waals surface area contributed by atoms with Crippen LogP contribution >= 0.6 is 23.1 Å². The lowest BCUT2D eigenvalue weighted by Crippen LogP contribution is -2.32. The van der Waals surface area contributed by atoms with Gasteiger partial charge in [0.2, 0.25) is 5.91 Å². The summed E-state index contributed by atoms with van der Waals surface area (Å²) >= 11 is 2.96. The zero-order valence-electron chi connectivity index (χ0n) is 17.0. The Labute approximate surface area is 183 Å². The molecular weight excluding hydrogens is 420 g/mol. The Balaban J connectivity index is 1.57. The van der Waals surface area contributed by atoms with Crippen LogP contribution in [0.15, 0.2) is 40.9 Å². The van der Waals surface area contributed by atoms with E-state index in [1.807, 2.05) is 47.2 Å². The van der Waals surface area contributed by atoms with Gasteiger partial charge in [0.1, 0.15) is 5.75 Å². The average molecular weight is 445 g/mol. The predicted octanol–water partition coefficient (Wildman–Crippen LogP) is 3.70. The molecule has 0 bridgehead atoms. The quantitative estimate of drug-likeness (QED) is 0.534. The smallest absolute Gasteiger partial charge is 0.230 e. The first-order chi connectivity index (χ1) is 14.7. The number of aromatic nitrogens is 3. The molecule has 30 heavy (non-hydrogen) atoms. The van der Waals surface area contributed by atoms with E-state index < -0.39 is 0 Å². The number of thiophene rings is 1. The SMILES string of the molecule is COc1ccc(C)cc1-n1c(SCC(=O)NC[C@@H]2CCCO2)nnc1-c1cccs1. The second kappa shape index (κ2) is 9.63. The molecule has 4 rings (SSSR count). The molecule has 0 aliphatic carbocycles. The molecule has 2 aromatic heterocycles. The fourth-order valence-electron chi connectivity index (χ4n) is 3.33. The Bertz CT molecular complexity index is 998. The van der Waals surface area contributed by atoms with Crippen LogP contribution in [0.5, 0.6) is 5.75 Å². The van der Waals surface area contributed by atoms with Crippen molar-refractivity contribution in [2.45, 2.75) is 31.0 Å². The molecular formula is C21H24N4O3S2. The Kier molecular flexibility index (Phi) is 6.71. The Morgan fingerprint density at radius 1 is 1.40 bits per heavy atom. The number of methoxy groups -OCH3 is 1. The van der Waals surface area contributed by atoms with E-state index in [0.29, 0.717) is 11.7 Å². The maximum Gasteiger partial charge on any atom is 0.230 e. The molecule has 0 radical (unpaired) electrons. The second-order valence-corrected chi connectivity index (χ2v) is 8.91. The number of thioether (sulfide) groups is 1. The molecule has 1 N–H and O–H groups in total. The molecule has 1 aliphatic heterocycles. The minimum absolute atomic E-state index is 0.0427. The van der Waals surface area contributed by atoms with Crippen LogP contribution in [0.3, 0.4) is 0 Å². The van der Waals surface area contributed by atoms with Gasteiger partial charge in [0.15, 0.2) is 11.0 Å². The van der Waals surface area contributed by atoms with Crippen molar-refractivity contribution < 1.29 is 14.3 Å². The van der Waals surface area contributed by atoms with Crippen molar-refractivity contribution in [3.8, 4) is 22.1 Å². The summed E-state index contributed by atoms with van der Waals surface area (Å²) in [6, 6.07) is 9.98. The highest BCUT2D eigenvalue weighted by molar-refractivity contribution is 7.99. The molecule has 0 unspecified atom stereocenters. The fourth-order valence-corrected chi connectivity index (χ4v) is 4.81. The van der Waals surface area contributed by atoms with Crippen molar-refractivity contribution in [3.63, 3.8) is 0 Å². The number of rotatable bonds is 8. The van der Waals surface area contributed by atoms with E-state index in [1.54, 1.807) is 18.4 Å². The van der Waals surface area contributed by atoms with Crippen LogP contribution in [-0.2, 0) is 9.53 Å². The number of hydrogen-bond donors (Lipinski definition) is 1. The average Bonchev–Trinajstić information content (AvgIpc) is 3.52. The fraction of sp³-hybridized carbons (Fsp3) is 0.381. The Morgan fingerprint density at radius 3 is 3.03 bits per heavy atom. The van der Waals surface area contributed by atoms with Crippen molar-refractivity contribution in [2.75, 3.05) is 26.0 Å². The van der Waals surface area contributed by atoms with Gasteiger partial charge in [0, 0.05) is 13.2 Å². The normalized spacial score (nSPS) is 16.0. The summed E-state index contributed by atoms with van der Waals surface area (Å²) in [6.07, 6.45) is 2.19. The molecule has 0 spiro atoms. The Morgan fingerprint density at radius 2 is 2.30 bits per heavy atom. The molecule has 3 aromatic rings. The predicted molar refractivity (Wildman–Crippen MR) is 119 cm³/mol. The van der Waals surface area contributed by atoms with Gasteiger partial charge in [-0.05, 0) is 48.9 Å². The maximum absolute atomic E-state index is 12.4. The summed E-state index contributed by atoms with van der Waals surface area (Å²) in [6.45, 7) is 3.36. The molecule has 1 fully saturated rings. The lowest BCUT2D eigenvalue weighted by molar-refractivity contribution is -0.119. The van der Waals surface area contributed by atoms with Crippen molar-refractivity contribution in [1.82, 2.24) is 20.1 Å². The van der Waals surface area contributed by atoms with Crippen LogP contribution in [0, 0.1) is 6.92 Å². The molecule has 1 atom stereocenters. The van der Waals surface area contributed by atoms with Crippen LogP contribution < -0.4 is 10.1 Å². The minimum atomic E-state index is -0.0427. The number of ether oxygens (including phenoxy) is 2. The van der Waals surface area contributed by atoms with Gasteiger partial charge in [-0.3, -0.25) is 9.36 Å². The molecule has 0 saturated carbocycles. The van der Waals surface area contributed by atoms with Crippen molar-refractivity contribution in [2.24, 2.45) is 0 Å². The first-order valence-corrected chi connectivity index (χ1v) is 11.7. The highest BCUT2D eigenvalue weighted by Crippen LogP contribution is 2.34. The van der Waals surface area contributed by atoms with Gasteiger partial charge < -0.3 is 14.8 Å². The molecule has 1 aromatic carbocycles. The van der Waals surface area contributed by atoms with Gasteiger partial charge in [0.25, 0.3) is 0 Å². The van der Waals surface area contributed by atoms with Crippen LogP contribution in [0.25, 0.3) is 16.4 Å². The van der Waals surface area contributed by atoms with E-state index in [2.05, 4.69) is 15.5 Å². The number of carbonyl (C=O) groups is 1. The standard InChI is InChI=1S/C21H24N4O3S2/c1-14-7-8-17(27-2)16(11-14)25-20(18-6-4-10-29-18)23-24-21(25)30-13-19(26)22-12-15-5-3-9-28-15/h4,6-8,10-11,15H,3,5,9,12-13H2,1-2H3,(H,22,26)/t15-/m0/s1. The van der Waals surface area contributed by atoms with E-state index in [1.165, 1.54) is 11.8 Å². The third kappa shape index (κ3) is 4.69. The minimum Gasteiger partial charge on any atom is -0.495 e. The maximum atomic E-state index is 12.4. The summed E-state index contributed by atoms with van der Waals surface area (Å²) < 4.78 is 13.1. The van der Waals surface area contributed by atoms with Gasteiger partial charge in [-0.1, -0.05) is 23.9 Å². The van der Waals surface area contributed by atoms with Crippen LogP contribution in [-0.4, -0.2) is 52.8 Å². The lowest BCUT2D eigenvalue weighted by atomic mass is 10.2. The van der Waals surface area contributed by atoms with Crippen LogP contribution in [0.2, 0.25) is 0 Å². The van der Waals surface area contributed by atoms with Crippen molar-refractivity contribution in [1.29, 1.82) is 0 Å². The zero-order valence-corrected chi connectivity index (χ0v) is 18.6. The number of hydrogen-bond acceptors (Lipinski definition) is 7. The molecule has 1 saturated heterocycles. The van der Waals surface area contributed by atoms with Gasteiger partial charge in [-0.25, -0.2) is 0 Å². The largest absolute Gasteiger partial charge is 0.495 e. The highest BCUT2D eigenvalue weighted by atomic mass is 32.2. The molecule has 9 heteroatoms. The summed E-state index contributed by atoms with van der Waals surface area (Å²) in [4.78, 5) is 13.4. The van der Waals surface area contributed by atoms with Gasteiger partial charge in [0.05, 0.1) is 29.5 Å². The molecule has 7 nitrogen and oxygen atoms in total. The van der Waals surface area contributed by atoms with E-state index in [0.717, 1.165) is 47.2 Å². The van der Waals surface area contributed by atoms with Gasteiger partial charge >= 0.3 is 0 Å². The van der Waals surface area contributed by atoms with E-state index in [-0.39, 0.29) is 17.8 Å². The molecule has 1 amide bonds. The zero-order chi connectivity index (χ0) is 20.9. The summed E-state index contributed by atoms with van der Waals surface area (Å²) in [5.74, 6) is 1.67.